The topological polar surface area (TPSA) is 72.2 Å². The van der Waals surface area contributed by atoms with E-state index < -0.39 is 0 Å². The third-order valence-electron chi connectivity index (χ3n) is 7.38. The number of rotatable bonds is 3. The number of aryl methyl sites for hydroxylation is 1. The van der Waals surface area contributed by atoms with Gasteiger partial charge in [0.1, 0.15) is 0 Å². The molecule has 4 bridgehead atoms. The van der Waals surface area contributed by atoms with Crippen LogP contribution in [-0.4, -0.2) is 25.7 Å². The van der Waals surface area contributed by atoms with E-state index in [1.165, 1.54) is 19.3 Å². The minimum atomic E-state index is -0.119. The maximum atomic E-state index is 13.2. The van der Waals surface area contributed by atoms with Crippen LogP contribution in [-0.2, 0) is 4.79 Å². The van der Waals surface area contributed by atoms with Gasteiger partial charge >= 0.3 is 0 Å². The summed E-state index contributed by atoms with van der Waals surface area (Å²) in [4.78, 5) is 13.2. The average Bonchev–Trinajstić information content (AvgIpc) is 3.08. The minimum Gasteiger partial charge on any atom is -0.326 e. The van der Waals surface area contributed by atoms with E-state index in [4.69, 9.17) is 0 Å². The van der Waals surface area contributed by atoms with E-state index in [0.29, 0.717) is 0 Å². The van der Waals surface area contributed by atoms with Crippen LogP contribution < -0.4 is 5.32 Å². The number of fused-ring (bicyclic) bond motifs is 1. The predicted molar refractivity (Wildman–Crippen MR) is 110 cm³/mol. The molecule has 148 valence electrons. The zero-order valence-corrected chi connectivity index (χ0v) is 16.6. The van der Waals surface area contributed by atoms with Gasteiger partial charge in [-0.3, -0.25) is 4.79 Å². The van der Waals surface area contributed by atoms with Crippen LogP contribution in [0.15, 0.2) is 36.4 Å². The van der Waals surface area contributed by atoms with Gasteiger partial charge < -0.3 is 5.32 Å². The number of aromatic nitrogens is 4. The molecule has 4 saturated carbocycles. The van der Waals surface area contributed by atoms with Crippen molar-refractivity contribution in [1.82, 2.24) is 19.8 Å². The van der Waals surface area contributed by atoms with Gasteiger partial charge in [0.25, 0.3) is 0 Å². The Labute approximate surface area is 169 Å². The van der Waals surface area contributed by atoms with E-state index in [2.05, 4.69) is 20.6 Å². The molecular weight excluding hydrogens is 362 g/mol. The molecular formula is C23H25N5O. The number of benzene rings is 1. The molecule has 1 N–H and O–H groups in total. The lowest BCUT2D eigenvalue weighted by Crippen LogP contribution is -2.51. The van der Waals surface area contributed by atoms with E-state index in [9.17, 15) is 4.79 Å². The molecule has 7 rings (SSSR count). The number of hydrogen-bond donors (Lipinski definition) is 1. The van der Waals surface area contributed by atoms with Crippen molar-refractivity contribution in [2.45, 2.75) is 45.4 Å². The summed E-state index contributed by atoms with van der Waals surface area (Å²) in [5.74, 6) is 3.33. The molecule has 2 aromatic heterocycles. The van der Waals surface area contributed by atoms with E-state index in [-0.39, 0.29) is 11.3 Å². The molecule has 0 atom stereocenters. The van der Waals surface area contributed by atoms with Gasteiger partial charge in [0.15, 0.2) is 11.5 Å². The monoisotopic (exact) mass is 387 g/mol. The number of amides is 1. The number of nitrogens with zero attached hydrogens (tertiary/aromatic N) is 4. The van der Waals surface area contributed by atoms with Crippen molar-refractivity contribution in [1.29, 1.82) is 0 Å². The first-order valence-corrected chi connectivity index (χ1v) is 10.7. The molecule has 6 heteroatoms. The van der Waals surface area contributed by atoms with E-state index in [1.807, 2.05) is 43.3 Å². The fraction of sp³-hybridized carbons (Fsp3) is 0.478. The Morgan fingerprint density at radius 1 is 0.966 bits per heavy atom. The average molecular weight is 387 g/mol. The highest BCUT2D eigenvalue weighted by Crippen LogP contribution is 2.60. The predicted octanol–water partition coefficient (Wildman–Crippen LogP) is 4.25. The molecule has 0 radical (unpaired) electrons. The molecule has 0 unspecified atom stereocenters. The Kier molecular flexibility index (Phi) is 3.61. The number of carbonyl (C=O) groups excluding carboxylic acids is 1. The Bertz CT molecular complexity index is 1060. The molecule has 6 nitrogen and oxygen atoms in total. The number of nitrogens with one attached hydrogen (secondary N) is 1. The van der Waals surface area contributed by atoms with Gasteiger partial charge in [0.2, 0.25) is 5.91 Å². The summed E-state index contributed by atoms with van der Waals surface area (Å²) in [7, 11) is 0. The van der Waals surface area contributed by atoms with Crippen molar-refractivity contribution in [3.05, 3.63) is 42.2 Å². The Hall–Kier alpha value is -2.76. The summed E-state index contributed by atoms with van der Waals surface area (Å²) >= 11 is 0. The summed E-state index contributed by atoms with van der Waals surface area (Å²) in [6.45, 7) is 1.89. The van der Waals surface area contributed by atoms with Crippen LogP contribution in [0.3, 0.4) is 0 Å². The van der Waals surface area contributed by atoms with Gasteiger partial charge in [-0.05, 0) is 87.5 Å². The summed E-state index contributed by atoms with van der Waals surface area (Å²) < 4.78 is 1.75. The molecule has 1 aromatic carbocycles. The van der Waals surface area contributed by atoms with Crippen LogP contribution in [0.4, 0.5) is 5.69 Å². The highest BCUT2D eigenvalue weighted by atomic mass is 16.2. The van der Waals surface area contributed by atoms with Crippen LogP contribution in [0.1, 0.15) is 44.3 Å². The Balaban J connectivity index is 1.22. The number of carbonyl (C=O) groups is 1. The van der Waals surface area contributed by atoms with Crippen molar-refractivity contribution >= 4 is 17.2 Å². The Morgan fingerprint density at radius 2 is 1.62 bits per heavy atom. The molecule has 2 heterocycles. The van der Waals surface area contributed by atoms with Crippen molar-refractivity contribution < 1.29 is 4.79 Å². The molecule has 29 heavy (non-hydrogen) atoms. The summed E-state index contributed by atoms with van der Waals surface area (Å²) in [6.07, 6.45) is 7.32. The first-order chi connectivity index (χ1) is 14.1. The van der Waals surface area contributed by atoms with Crippen LogP contribution in [0.2, 0.25) is 0 Å². The van der Waals surface area contributed by atoms with Crippen molar-refractivity contribution in [2.24, 2.45) is 23.2 Å². The second kappa shape index (κ2) is 6.12. The summed E-state index contributed by atoms with van der Waals surface area (Å²) in [5, 5.41) is 16.0. The zero-order valence-electron chi connectivity index (χ0n) is 16.6. The smallest absolute Gasteiger partial charge is 0.230 e. The lowest BCUT2D eigenvalue weighted by Gasteiger charge is -2.55. The quantitative estimate of drug-likeness (QED) is 0.729. The highest BCUT2D eigenvalue weighted by molar-refractivity contribution is 5.95. The van der Waals surface area contributed by atoms with E-state index in [0.717, 1.165) is 65.4 Å². The fourth-order valence-electron chi connectivity index (χ4n) is 6.43. The zero-order chi connectivity index (χ0) is 19.6. The van der Waals surface area contributed by atoms with Crippen LogP contribution in [0.25, 0.3) is 16.9 Å². The summed E-state index contributed by atoms with van der Waals surface area (Å²) in [5.41, 5.74) is 3.36. The molecule has 3 aromatic rings. The standard InChI is InChI=1S/C23H25N5O/c1-14-25-26-21-7-6-20(27-28(14)21)18-2-4-19(5-3-18)24-22(29)23-11-15-8-16(12-23)10-17(9-15)13-23/h2-7,15-17H,8-13H2,1H3,(H,24,29). The largest absolute Gasteiger partial charge is 0.326 e. The third kappa shape index (κ3) is 2.76. The lowest BCUT2D eigenvalue weighted by atomic mass is 9.49. The van der Waals surface area contributed by atoms with Crippen molar-refractivity contribution in [3.8, 4) is 11.3 Å². The number of hydrogen-bond acceptors (Lipinski definition) is 4. The third-order valence-corrected chi connectivity index (χ3v) is 7.38. The fourth-order valence-corrected chi connectivity index (χ4v) is 6.43. The van der Waals surface area contributed by atoms with E-state index in [1.54, 1.807) is 4.52 Å². The van der Waals surface area contributed by atoms with Gasteiger partial charge in [0, 0.05) is 11.3 Å². The van der Waals surface area contributed by atoms with Crippen LogP contribution >= 0.6 is 0 Å². The Morgan fingerprint density at radius 3 is 2.28 bits per heavy atom. The first kappa shape index (κ1) is 17.1. The summed E-state index contributed by atoms with van der Waals surface area (Å²) in [6, 6.07) is 11.9. The van der Waals surface area contributed by atoms with Crippen molar-refractivity contribution in [3.63, 3.8) is 0 Å². The van der Waals surface area contributed by atoms with Crippen molar-refractivity contribution in [2.75, 3.05) is 5.32 Å². The molecule has 0 spiro atoms. The molecule has 0 aliphatic heterocycles. The second-order valence-electron chi connectivity index (χ2n) is 9.47. The normalized spacial score (nSPS) is 30.0. The minimum absolute atomic E-state index is 0.119. The van der Waals surface area contributed by atoms with Gasteiger partial charge in [-0.2, -0.15) is 9.61 Å². The molecule has 1 amide bonds. The molecule has 4 aliphatic carbocycles. The molecule has 4 fully saturated rings. The highest BCUT2D eigenvalue weighted by Gasteiger charge is 2.54. The van der Waals surface area contributed by atoms with Gasteiger partial charge in [0.05, 0.1) is 11.1 Å². The molecule has 0 saturated heterocycles. The first-order valence-electron chi connectivity index (χ1n) is 10.7. The van der Waals surface area contributed by atoms with Crippen LogP contribution in [0, 0.1) is 30.1 Å². The van der Waals surface area contributed by atoms with Crippen LogP contribution in [0.5, 0.6) is 0 Å². The maximum Gasteiger partial charge on any atom is 0.230 e. The maximum absolute atomic E-state index is 13.2. The lowest BCUT2D eigenvalue weighted by molar-refractivity contribution is -0.140. The van der Waals surface area contributed by atoms with Gasteiger partial charge in [-0.15, -0.1) is 10.2 Å². The molecule has 4 aliphatic rings. The van der Waals surface area contributed by atoms with Gasteiger partial charge in [-0.1, -0.05) is 12.1 Å². The van der Waals surface area contributed by atoms with Gasteiger partial charge in [-0.25, -0.2) is 0 Å². The SMILES string of the molecule is Cc1nnc2ccc(-c3ccc(NC(=O)C45CC6CC(CC(C6)C4)C5)cc3)nn12. The second-order valence-corrected chi connectivity index (χ2v) is 9.47. The van der Waals surface area contributed by atoms with E-state index >= 15 is 0 Å². The number of anilines is 1.